The lowest BCUT2D eigenvalue weighted by Gasteiger charge is -2.25. The quantitative estimate of drug-likeness (QED) is 0.871. The van der Waals surface area contributed by atoms with Crippen molar-refractivity contribution in [2.75, 3.05) is 52.4 Å². The number of ether oxygens (including phenoxy) is 3. The third-order valence-corrected chi connectivity index (χ3v) is 3.15. The summed E-state index contributed by atoms with van der Waals surface area (Å²) in [5, 5.41) is 2.86. The van der Waals surface area contributed by atoms with Crippen LogP contribution in [-0.4, -0.2) is 57.9 Å². The average Bonchev–Trinajstić information content (AvgIpc) is 2.48. The number of benzene rings is 1. The number of hydrogen-bond donors (Lipinski definition) is 1. The fourth-order valence-electron chi connectivity index (χ4n) is 2.05. The van der Waals surface area contributed by atoms with Crippen LogP contribution in [0, 0.1) is 0 Å². The second-order valence-electron chi connectivity index (χ2n) is 4.50. The lowest BCUT2D eigenvalue weighted by Crippen LogP contribution is -2.41. The number of carbonyl (C=O) groups is 1. The van der Waals surface area contributed by atoms with Crippen LogP contribution < -0.4 is 14.8 Å². The Kier molecular flexibility index (Phi) is 5.20. The number of nitrogens with one attached hydrogen (secondary N) is 1. The Morgan fingerprint density at radius 1 is 1.30 bits per heavy atom. The van der Waals surface area contributed by atoms with E-state index in [-0.39, 0.29) is 5.91 Å². The third kappa shape index (κ3) is 3.85. The van der Waals surface area contributed by atoms with Crippen LogP contribution in [0.5, 0.6) is 11.5 Å². The molecule has 0 spiro atoms. The summed E-state index contributed by atoms with van der Waals surface area (Å²) in [5.41, 5.74) is 0.645. The number of anilines is 1. The Morgan fingerprint density at radius 2 is 2.05 bits per heavy atom. The van der Waals surface area contributed by atoms with Gasteiger partial charge in [-0.05, 0) is 12.1 Å². The van der Waals surface area contributed by atoms with Gasteiger partial charge in [0, 0.05) is 19.2 Å². The summed E-state index contributed by atoms with van der Waals surface area (Å²) in [5.74, 6) is 1.21. The molecule has 1 aliphatic heterocycles. The van der Waals surface area contributed by atoms with Crippen LogP contribution in [0.2, 0.25) is 0 Å². The summed E-state index contributed by atoms with van der Waals surface area (Å²) >= 11 is 0. The third-order valence-electron chi connectivity index (χ3n) is 3.15. The number of carbonyl (C=O) groups excluding carboxylic acids is 1. The molecule has 0 unspecified atom stereocenters. The summed E-state index contributed by atoms with van der Waals surface area (Å²) in [6, 6.07) is 5.30. The maximum absolute atomic E-state index is 12.0. The Morgan fingerprint density at radius 3 is 2.70 bits per heavy atom. The van der Waals surface area contributed by atoms with Crippen molar-refractivity contribution in [2.24, 2.45) is 0 Å². The fourth-order valence-corrected chi connectivity index (χ4v) is 2.05. The first kappa shape index (κ1) is 14.6. The summed E-state index contributed by atoms with van der Waals surface area (Å²) in [6.07, 6.45) is 0. The Labute approximate surface area is 118 Å². The number of hydrogen-bond acceptors (Lipinski definition) is 5. The highest BCUT2D eigenvalue weighted by atomic mass is 16.5. The van der Waals surface area contributed by atoms with E-state index in [0.29, 0.717) is 36.9 Å². The zero-order valence-corrected chi connectivity index (χ0v) is 11.8. The van der Waals surface area contributed by atoms with E-state index >= 15 is 0 Å². The first-order chi connectivity index (χ1) is 9.72. The zero-order chi connectivity index (χ0) is 14.4. The normalized spacial score (nSPS) is 15.7. The molecular weight excluding hydrogens is 260 g/mol. The van der Waals surface area contributed by atoms with Crippen molar-refractivity contribution in [2.45, 2.75) is 0 Å². The fraction of sp³-hybridized carbons (Fsp3) is 0.500. The van der Waals surface area contributed by atoms with Gasteiger partial charge < -0.3 is 19.5 Å². The van der Waals surface area contributed by atoms with E-state index < -0.39 is 0 Å². The number of methoxy groups -OCH3 is 2. The minimum Gasteiger partial charge on any atom is -0.497 e. The summed E-state index contributed by atoms with van der Waals surface area (Å²) < 4.78 is 15.6. The standard InChI is InChI=1S/C14H20N2O4/c1-18-11-3-4-12(13(9-11)19-2)15-14(17)10-16-5-7-20-8-6-16/h3-4,9H,5-8,10H2,1-2H3,(H,15,17). The lowest BCUT2D eigenvalue weighted by molar-refractivity contribution is -0.118. The van der Waals surface area contributed by atoms with Gasteiger partial charge in [-0.1, -0.05) is 0 Å². The maximum atomic E-state index is 12.0. The highest BCUT2D eigenvalue weighted by Crippen LogP contribution is 2.28. The van der Waals surface area contributed by atoms with Gasteiger partial charge in [-0.25, -0.2) is 0 Å². The van der Waals surface area contributed by atoms with E-state index in [1.54, 1.807) is 32.4 Å². The number of rotatable bonds is 5. The molecule has 2 rings (SSSR count). The Hall–Kier alpha value is -1.79. The van der Waals surface area contributed by atoms with Gasteiger partial charge in [-0.15, -0.1) is 0 Å². The van der Waals surface area contributed by atoms with Crippen LogP contribution >= 0.6 is 0 Å². The van der Waals surface area contributed by atoms with Crippen LogP contribution in [0.4, 0.5) is 5.69 Å². The van der Waals surface area contributed by atoms with Gasteiger partial charge in [-0.3, -0.25) is 9.69 Å². The number of morpholine rings is 1. The van der Waals surface area contributed by atoms with Crippen molar-refractivity contribution in [1.82, 2.24) is 4.90 Å². The molecule has 1 N–H and O–H groups in total. The molecule has 1 heterocycles. The molecule has 6 nitrogen and oxygen atoms in total. The smallest absolute Gasteiger partial charge is 0.238 e. The number of nitrogens with zero attached hydrogens (tertiary/aromatic N) is 1. The number of amides is 1. The van der Waals surface area contributed by atoms with Crippen molar-refractivity contribution in [3.05, 3.63) is 18.2 Å². The van der Waals surface area contributed by atoms with E-state index in [1.165, 1.54) is 0 Å². The van der Waals surface area contributed by atoms with Crippen molar-refractivity contribution in [1.29, 1.82) is 0 Å². The van der Waals surface area contributed by atoms with Crippen molar-refractivity contribution < 1.29 is 19.0 Å². The van der Waals surface area contributed by atoms with Crippen molar-refractivity contribution >= 4 is 11.6 Å². The molecule has 1 fully saturated rings. The van der Waals surface area contributed by atoms with E-state index in [4.69, 9.17) is 14.2 Å². The maximum Gasteiger partial charge on any atom is 0.238 e. The van der Waals surface area contributed by atoms with Crippen LogP contribution in [0.3, 0.4) is 0 Å². The van der Waals surface area contributed by atoms with Gasteiger partial charge in [-0.2, -0.15) is 0 Å². The molecule has 0 atom stereocenters. The van der Waals surface area contributed by atoms with E-state index in [9.17, 15) is 4.79 Å². The Balaban J connectivity index is 1.96. The predicted octanol–water partition coefficient (Wildman–Crippen LogP) is 0.974. The molecule has 1 saturated heterocycles. The second kappa shape index (κ2) is 7.12. The summed E-state index contributed by atoms with van der Waals surface area (Å²) in [6.45, 7) is 3.29. The highest BCUT2D eigenvalue weighted by Gasteiger charge is 2.15. The molecule has 6 heteroatoms. The molecule has 1 aliphatic rings. The van der Waals surface area contributed by atoms with Gasteiger partial charge >= 0.3 is 0 Å². The molecule has 0 saturated carbocycles. The second-order valence-corrected chi connectivity index (χ2v) is 4.50. The van der Waals surface area contributed by atoms with Crippen LogP contribution in [0.25, 0.3) is 0 Å². The molecule has 20 heavy (non-hydrogen) atoms. The van der Waals surface area contributed by atoms with E-state index in [2.05, 4.69) is 10.2 Å². The molecular formula is C14H20N2O4. The first-order valence-electron chi connectivity index (χ1n) is 6.55. The molecule has 0 radical (unpaired) electrons. The first-order valence-corrected chi connectivity index (χ1v) is 6.55. The molecule has 0 aliphatic carbocycles. The van der Waals surface area contributed by atoms with Gasteiger partial charge in [0.25, 0.3) is 0 Å². The van der Waals surface area contributed by atoms with E-state index in [0.717, 1.165) is 13.1 Å². The summed E-state index contributed by atoms with van der Waals surface area (Å²) in [7, 11) is 3.15. The van der Waals surface area contributed by atoms with Gasteiger partial charge in [0.05, 0.1) is 39.7 Å². The molecule has 110 valence electrons. The molecule has 0 aromatic heterocycles. The van der Waals surface area contributed by atoms with Gasteiger partial charge in [0.15, 0.2) is 0 Å². The Bertz CT molecular complexity index is 458. The van der Waals surface area contributed by atoms with Crippen LogP contribution in [-0.2, 0) is 9.53 Å². The van der Waals surface area contributed by atoms with Gasteiger partial charge in [0.2, 0.25) is 5.91 Å². The zero-order valence-electron chi connectivity index (χ0n) is 11.8. The van der Waals surface area contributed by atoms with Crippen LogP contribution in [0.1, 0.15) is 0 Å². The molecule has 1 amide bonds. The topological polar surface area (TPSA) is 60.0 Å². The minimum absolute atomic E-state index is 0.0598. The lowest BCUT2D eigenvalue weighted by atomic mass is 10.2. The molecule has 1 aromatic carbocycles. The highest BCUT2D eigenvalue weighted by molar-refractivity contribution is 5.93. The van der Waals surface area contributed by atoms with Crippen LogP contribution in [0.15, 0.2) is 18.2 Å². The average molecular weight is 280 g/mol. The largest absolute Gasteiger partial charge is 0.497 e. The molecule has 1 aromatic rings. The SMILES string of the molecule is COc1ccc(NC(=O)CN2CCOCC2)c(OC)c1. The van der Waals surface area contributed by atoms with E-state index in [1.807, 2.05) is 0 Å². The van der Waals surface area contributed by atoms with Gasteiger partial charge in [0.1, 0.15) is 11.5 Å². The minimum atomic E-state index is -0.0598. The summed E-state index contributed by atoms with van der Waals surface area (Å²) in [4.78, 5) is 14.1. The molecule has 0 bridgehead atoms. The van der Waals surface area contributed by atoms with Crippen molar-refractivity contribution in [3.63, 3.8) is 0 Å². The van der Waals surface area contributed by atoms with Crippen molar-refractivity contribution in [3.8, 4) is 11.5 Å². The predicted molar refractivity (Wildman–Crippen MR) is 75.4 cm³/mol. The monoisotopic (exact) mass is 280 g/mol.